The van der Waals surface area contributed by atoms with Crippen LogP contribution in [0.15, 0.2) is 42.5 Å². The van der Waals surface area contributed by atoms with Gasteiger partial charge in [-0.15, -0.1) is 11.3 Å². The van der Waals surface area contributed by atoms with Gasteiger partial charge in [-0.05, 0) is 49.7 Å². The largest absolute Gasteiger partial charge is 0.497 e. The van der Waals surface area contributed by atoms with E-state index in [-0.39, 0.29) is 11.9 Å². The number of nitrogens with zero attached hydrogens (tertiary/aromatic N) is 3. The molecule has 0 N–H and O–H groups in total. The number of benzene rings is 2. The minimum absolute atomic E-state index is 0.100. The van der Waals surface area contributed by atoms with Gasteiger partial charge in [0.15, 0.2) is 0 Å². The summed E-state index contributed by atoms with van der Waals surface area (Å²) in [6.07, 6.45) is 2.05. The van der Waals surface area contributed by atoms with Crippen LogP contribution in [-0.2, 0) is 11.3 Å². The summed E-state index contributed by atoms with van der Waals surface area (Å²) < 4.78 is 12.1. The second-order valence-corrected chi connectivity index (χ2v) is 8.68. The van der Waals surface area contributed by atoms with Gasteiger partial charge in [0.05, 0.1) is 37.5 Å². The lowest BCUT2D eigenvalue weighted by molar-refractivity contribution is -0.131. The molecule has 1 saturated heterocycles. The number of fused-ring (bicyclic) bond motifs is 1. The number of likely N-dealkylation sites (tertiary alicyclic amines) is 1. The van der Waals surface area contributed by atoms with Crippen LogP contribution in [0.4, 0.5) is 0 Å². The van der Waals surface area contributed by atoms with Crippen molar-refractivity contribution in [1.82, 2.24) is 14.8 Å². The first kappa shape index (κ1) is 20.6. The summed E-state index contributed by atoms with van der Waals surface area (Å²) in [6, 6.07) is 14.1. The fourth-order valence-corrected chi connectivity index (χ4v) is 5.06. The first-order valence-corrected chi connectivity index (χ1v) is 10.9. The van der Waals surface area contributed by atoms with Gasteiger partial charge < -0.3 is 14.4 Å². The maximum atomic E-state index is 13.0. The molecule has 30 heavy (non-hydrogen) atoms. The topological polar surface area (TPSA) is 54.9 Å². The molecule has 6 nitrogen and oxygen atoms in total. The second-order valence-electron chi connectivity index (χ2n) is 7.56. The van der Waals surface area contributed by atoms with Gasteiger partial charge in [0.25, 0.3) is 0 Å². The van der Waals surface area contributed by atoms with E-state index in [1.54, 1.807) is 30.5 Å². The Kier molecular flexibility index (Phi) is 6.20. The van der Waals surface area contributed by atoms with Crippen LogP contribution < -0.4 is 9.47 Å². The summed E-state index contributed by atoms with van der Waals surface area (Å²) in [6.45, 7) is 1.80. The lowest BCUT2D eigenvalue weighted by atomic mass is 10.0. The Bertz CT molecular complexity index is 1000. The molecular weight excluding hydrogens is 398 g/mol. The van der Waals surface area contributed by atoms with Crippen LogP contribution in [0.25, 0.3) is 10.2 Å². The van der Waals surface area contributed by atoms with Gasteiger partial charge in [0, 0.05) is 18.7 Å². The molecule has 0 aliphatic carbocycles. The van der Waals surface area contributed by atoms with Crippen molar-refractivity contribution in [3.63, 3.8) is 0 Å². The fourth-order valence-electron chi connectivity index (χ4n) is 4.04. The third kappa shape index (κ3) is 4.27. The van der Waals surface area contributed by atoms with E-state index >= 15 is 0 Å². The minimum Gasteiger partial charge on any atom is -0.497 e. The van der Waals surface area contributed by atoms with Gasteiger partial charge in [0.1, 0.15) is 16.5 Å². The standard InChI is InChI=1S/C23H27N3O3S/c1-25(14-22-24-18-7-4-5-9-21(18)30-22)23(27)15-26-12-6-8-19(26)17-13-16(28-2)10-11-20(17)29-3/h4-5,7,9-11,13,19H,6,8,12,14-15H2,1-3H3/t19-/m0/s1. The van der Waals surface area contributed by atoms with E-state index in [1.807, 2.05) is 43.4 Å². The van der Waals surface area contributed by atoms with Crippen molar-refractivity contribution in [2.75, 3.05) is 34.4 Å². The first-order valence-electron chi connectivity index (χ1n) is 10.1. The van der Waals surface area contributed by atoms with E-state index in [1.165, 1.54) is 0 Å². The molecule has 1 fully saturated rings. The van der Waals surface area contributed by atoms with E-state index in [0.717, 1.165) is 51.7 Å². The molecule has 7 heteroatoms. The SMILES string of the molecule is COc1ccc(OC)c([C@@H]2CCCN2CC(=O)N(C)Cc2nc3ccccc3s2)c1. The maximum absolute atomic E-state index is 13.0. The van der Waals surface area contributed by atoms with Gasteiger partial charge >= 0.3 is 0 Å². The zero-order chi connectivity index (χ0) is 21.1. The van der Waals surface area contributed by atoms with E-state index in [9.17, 15) is 4.79 Å². The number of hydrogen-bond acceptors (Lipinski definition) is 6. The molecule has 0 radical (unpaired) electrons. The predicted molar refractivity (Wildman–Crippen MR) is 119 cm³/mol. The average molecular weight is 426 g/mol. The molecule has 158 valence electrons. The quantitative estimate of drug-likeness (QED) is 0.570. The fraction of sp³-hybridized carbons (Fsp3) is 0.391. The number of hydrogen-bond donors (Lipinski definition) is 0. The molecule has 3 aromatic rings. The van der Waals surface area contributed by atoms with E-state index in [4.69, 9.17) is 9.47 Å². The van der Waals surface area contributed by atoms with Crippen molar-refractivity contribution >= 4 is 27.5 Å². The first-order chi connectivity index (χ1) is 14.6. The normalized spacial score (nSPS) is 16.7. The third-order valence-electron chi connectivity index (χ3n) is 5.63. The van der Waals surface area contributed by atoms with Gasteiger partial charge in [0.2, 0.25) is 5.91 Å². The number of ether oxygens (including phenoxy) is 2. The molecule has 2 heterocycles. The molecule has 1 atom stereocenters. The number of amides is 1. The van der Waals surface area contributed by atoms with Crippen molar-refractivity contribution in [1.29, 1.82) is 0 Å². The van der Waals surface area contributed by atoms with Crippen LogP contribution in [-0.4, -0.2) is 55.0 Å². The van der Waals surface area contributed by atoms with Gasteiger partial charge in [-0.1, -0.05) is 12.1 Å². The Balaban J connectivity index is 1.45. The maximum Gasteiger partial charge on any atom is 0.236 e. The second kappa shape index (κ2) is 9.02. The predicted octanol–water partition coefficient (Wildman–Crippen LogP) is 4.11. The van der Waals surface area contributed by atoms with Crippen LogP contribution in [0.1, 0.15) is 29.5 Å². The Morgan fingerprint density at radius 3 is 2.83 bits per heavy atom. The van der Waals surface area contributed by atoms with Crippen LogP contribution >= 0.6 is 11.3 Å². The van der Waals surface area contributed by atoms with Crippen molar-refractivity contribution < 1.29 is 14.3 Å². The van der Waals surface area contributed by atoms with Gasteiger partial charge in [-0.25, -0.2) is 4.98 Å². The number of carbonyl (C=O) groups is 1. The zero-order valence-corrected chi connectivity index (χ0v) is 18.4. The Labute approximate surface area is 181 Å². The average Bonchev–Trinajstić information content (AvgIpc) is 3.39. The van der Waals surface area contributed by atoms with Gasteiger partial charge in [-0.3, -0.25) is 9.69 Å². The van der Waals surface area contributed by atoms with E-state index in [2.05, 4.69) is 16.0 Å². The molecule has 2 aromatic carbocycles. The van der Waals surface area contributed by atoms with Crippen molar-refractivity contribution in [2.45, 2.75) is 25.4 Å². The van der Waals surface area contributed by atoms with E-state index in [0.29, 0.717) is 13.1 Å². The number of thiazole rings is 1. The monoisotopic (exact) mass is 425 g/mol. The summed E-state index contributed by atoms with van der Waals surface area (Å²) in [5.74, 6) is 1.74. The number of para-hydroxylation sites is 1. The van der Waals surface area contributed by atoms with Crippen molar-refractivity contribution in [3.8, 4) is 11.5 Å². The number of methoxy groups -OCH3 is 2. The molecule has 1 aliphatic heterocycles. The van der Waals surface area contributed by atoms with Crippen molar-refractivity contribution in [2.24, 2.45) is 0 Å². The Morgan fingerprint density at radius 1 is 1.23 bits per heavy atom. The molecule has 0 saturated carbocycles. The van der Waals surface area contributed by atoms with Crippen LogP contribution in [0.2, 0.25) is 0 Å². The molecule has 1 amide bonds. The Hall–Kier alpha value is -2.64. The number of carbonyl (C=O) groups excluding carboxylic acids is 1. The lowest BCUT2D eigenvalue weighted by Gasteiger charge is -2.27. The zero-order valence-electron chi connectivity index (χ0n) is 17.6. The smallest absolute Gasteiger partial charge is 0.236 e. The molecular formula is C23H27N3O3S. The highest BCUT2D eigenvalue weighted by Gasteiger charge is 2.31. The summed E-state index contributed by atoms with van der Waals surface area (Å²) in [7, 11) is 5.20. The lowest BCUT2D eigenvalue weighted by Crippen LogP contribution is -2.37. The van der Waals surface area contributed by atoms with E-state index < -0.39 is 0 Å². The Morgan fingerprint density at radius 2 is 2.07 bits per heavy atom. The molecule has 1 aliphatic rings. The summed E-state index contributed by atoms with van der Waals surface area (Å²) in [5.41, 5.74) is 2.07. The molecule has 4 rings (SSSR count). The highest BCUT2D eigenvalue weighted by Crippen LogP contribution is 2.38. The number of likely N-dealkylation sites (N-methyl/N-ethyl adjacent to an activating group) is 1. The van der Waals surface area contributed by atoms with Crippen LogP contribution in [0.3, 0.4) is 0 Å². The molecule has 0 unspecified atom stereocenters. The van der Waals surface area contributed by atoms with Crippen LogP contribution in [0.5, 0.6) is 11.5 Å². The molecule has 1 aromatic heterocycles. The highest BCUT2D eigenvalue weighted by atomic mass is 32.1. The number of rotatable bonds is 7. The number of aromatic nitrogens is 1. The molecule has 0 bridgehead atoms. The van der Waals surface area contributed by atoms with Crippen LogP contribution in [0, 0.1) is 0 Å². The summed E-state index contributed by atoms with van der Waals surface area (Å²) >= 11 is 1.64. The minimum atomic E-state index is 0.100. The summed E-state index contributed by atoms with van der Waals surface area (Å²) in [4.78, 5) is 21.6. The van der Waals surface area contributed by atoms with Crippen molar-refractivity contribution in [3.05, 3.63) is 53.0 Å². The third-order valence-corrected chi connectivity index (χ3v) is 6.66. The summed E-state index contributed by atoms with van der Waals surface area (Å²) in [5, 5.41) is 0.958. The molecule has 0 spiro atoms. The highest BCUT2D eigenvalue weighted by molar-refractivity contribution is 7.18. The van der Waals surface area contributed by atoms with Gasteiger partial charge in [-0.2, -0.15) is 0 Å².